The fourth-order valence-corrected chi connectivity index (χ4v) is 0.626. The molecule has 6 heteroatoms. The minimum atomic E-state index is -1.47. The van der Waals surface area contributed by atoms with Gasteiger partial charge in [0.25, 0.3) is 0 Å². The molecule has 0 amide bonds. The Morgan fingerprint density at radius 1 is 1.38 bits per heavy atom. The molecule has 0 fully saturated rings. The van der Waals surface area contributed by atoms with Gasteiger partial charge < -0.3 is 19.7 Å². The highest BCUT2D eigenvalue weighted by Crippen LogP contribution is 1.97. The third-order valence-corrected chi connectivity index (χ3v) is 1.03. The number of carboxylic acid groups (broad SMARTS) is 2. The summed E-state index contributed by atoms with van der Waals surface area (Å²) in [5.74, 6) is 0. The molecule has 6 nitrogen and oxygen atoms in total. The molecule has 0 heterocycles. The van der Waals surface area contributed by atoms with Crippen LogP contribution < -0.4 is 0 Å². The van der Waals surface area contributed by atoms with Gasteiger partial charge in [0.1, 0.15) is 6.61 Å². The van der Waals surface area contributed by atoms with E-state index in [9.17, 15) is 9.59 Å². The number of hydrogen-bond donors (Lipinski definition) is 2. The van der Waals surface area contributed by atoms with Crippen LogP contribution in [0.5, 0.6) is 0 Å². The van der Waals surface area contributed by atoms with E-state index in [0.717, 1.165) is 0 Å². The van der Waals surface area contributed by atoms with Crippen LogP contribution in [0.4, 0.5) is 9.59 Å². The first kappa shape index (κ1) is 11.3. The Bertz CT molecular complexity index is 209. The van der Waals surface area contributed by atoms with E-state index in [-0.39, 0.29) is 6.61 Å². The largest absolute Gasteiger partial charge is 0.506 e. The molecule has 0 aromatic rings. The zero-order chi connectivity index (χ0) is 10.3. The molecule has 0 aliphatic rings. The van der Waals surface area contributed by atoms with Gasteiger partial charge in [-0.15, -0.1) is 0 Å². The third kappa shape index (κ3) is 6.67. The first-order valence-electron chi connectivity index (χ1n) is 3.44. The molecule has 0 rings (SSSR count). The SMILES string of the molecule is C/C=C\C(COC(=O)O)OC(=O)O. The summed E-state index contributed by atoms with van der Waals surface area (Å²) in [7, 11) is 0. The third-order valence-electron chi connectivity index (χ3n) is 1.03. The summed E-state index contributed by atoms with van der Waals surface area (Å²) in [6.45, 7) is 1.31. The normalized spacial score (nSPS) is 12.4. The fourth-order valence-electron chi connectivity index (χ4n) is 0.626. The average Bonchev–Trinajstić information content (AvgIpc) is 1.99. The zero-order valence-electron chi connectivity index (χ0n) is 6.97. The van der Waals surface area contributed by atoms with Crippen molar-refractivity contribution in [3.05, 3.63) is 12.2 Å². The van der Waals surface area contributed by atoms with Gasteiger partial charge in [-0.3, -0.25) is 0 Å². The van der Waals surface area contributed by atoms with Gasteiger partial charge >= 0.3 is 12.3 Å². The summed E-state index contributed by atoms with van der Waals surface area (Å²) in [5.41, 5.74) is 0. The lowest BCUT2D eigenvalue weighted by Gasteiger charge is -2.10. The van der Waals surface area contributed by atoms with Gasteiger partial charge in [-0.05, 0) is 13.0 Å². The predicted molar refractivity (Wildman–Crippen MR) is 41.7 cm³/mol. The molecule has 13 heavy (non-hydrogen) atoms. The first-order valence-corrected chi connectivity index (χ1v) is 3.44. The summed E-state index contributed by atoms with van der Waals surface area (Å²) >= 11 is 0. The summed E-state index contributed by atoms with van der Waals surface area (Å²) in [4.78, 5) is 20.0. The number of carbonyl (C=O) groups is 2. The number of allylic oxidation sites excluding steroid dienone is 1. The summed E-state index contributed by atoms with van der Waals surface area (Å²) in [5, 5.41) is 16.3. The second-order valence-electron chi connectivity index (χ2n) is 2.02. The van der Waals surface area contributed by atoms with Gasteiger partial charge in [0.05, 0.1) is 0 Å². The topological polar surface area (TPSA) is 93.1 Å². The van der Waals surface area contributed by atoms with E-state index in [1.165, 1.54) is 6.08 Å². The van der Waals surface area contributed by atoms with Crippen LogP contribution in [0.25, 0.3) is 0 Å². The van der Waals surface area contributed by atoms with Crippen molar-refractivity contribution in [2.45, 2.75) is 13.0 Å². The molecule has 0 radical (unpaired) electrons. The first-order chi connectivity index (χ1) is 6.06. The number of rotatable bonds is 4. The van der Waals surface area contributed by atoms with E-state index >= 15 is 0 Å². The molecular weight excluding hydrogens is 180 g/mol. The van der Waals surface area contributed by atoms with Gasteiger partial charge in [-0.2, -0.15) is 0 Å². The molecule has 0 aliphatic carbocycles. The van der Waals surface area contributed by atoms with Crippen molar-refractivity contribution >= 4 is 12.3 Å². The van der Waals surface area contributed by atoms with Gasteiger partial charge in [-0.1, -0.05) is 6.08 Å². The van der Waals surface area contributed by atoms with Gasteiger partial charge in [0.2, 0.25) is 0 Å². The van der Waals surface area contributed by atoms with Crippen molar-refractivity contribution in [1.29, 1.82) is 0 Å². The summed E-state index contributed by atoms with van der Waals surface area (Å²) in [6, 6.07) is 0. The minimum absolute atomic E-state index is 0.341. The second-order valence-corrected chi connectivity index (χ2v) is 2.02. The maximum Gasteiger partial charge on any atom is 0.506 e. The minimum Gasteiger partial charge on any atom is -0.450 e. The zero-order valence-corrected chi connectivity index (χ0v) is 6.97. The van der Waals surface area contributed by atoms with Crippen molar-refractivity contribution in [2.75, 3.05) is 6.61 Å². The maximum atomic E-state index is 10.1. The highest BCUT2D eigenvalue weighted by molar-refractivity contribution is 5.58. The molecule has 0 aliphatic heterocycles. The van der Waals surface area contributed by atoms with Gasteiger partial charge in [0.15, 0.2) is 6.10 Å². The van der Waals surface area contributed by atoms with Crippen LogP contribution >= 0.6 is 0 Å². The molecule has 0 spiro atoms. The van der Waals surface area contributed by atoms with Gasteiger partial charge in [0, 0.05) is 0 Å². The van der Waals surface area contributed by atoms with E-state index in [0.29, 0.717) is 0 Å². The molecule has 0 saturated heterocycles. The monoisotopic (exact) mass is 190 g/mol. The molecule has 0 aromatic heterocycles. The van der Waals surface area contributed by atoms with Crippen molar-refractivity contribution in [2.24, 2.45) is 0 Å². The molecule has 0 saturated carbocycles. The standard InChI is InChI=1S/C7H10O6/c1-2-3-5(13-7(10)11)4-12-6(8)9/h2-3,5H,4H2,1H3,(H,8,9)(H,10,11)/b3-2-. The van der Waals surface area contributed by atoms with Crippen LogP contribution in [0, 0.1) is 0 Å². The van der Waals surface area contributed by atoms with Gasteiger partial charge in [-0.25, -0.2) is 9.59 Å². The van der Waals surface area contributed by atoms with E-state index < -0.39 is 18.4 Å². The Labute approximate surface area is 74.4 Å². The Kier molecular flexibility index (Phi) is 5.09. The van der Waals surface area contributed by atoms with Crippen molar-refractivity contribution < 1.29 is 29.3 Å². The molecule has 1 atom stereocenters. The van der Waals surface area contributed by atoms with E-state index in [2.05, 4.69) is 9.47 Å². The maximum absolute atomic E-state index is 10.1. The molecule has 0 bridgehead atoms. The Morgan fingerprint density at radius 3 is 2.38 bits per heavy atom. The molecular formula is C7H10O6. The Morgan fingerprint density at radius 2 is 2.00 bits per heavy atom. The van der Waals surface area contributed by atoms with E-state index in [1.54, 1.807) is 13.0 Å². The van der Waals surface area contributed by atoms with E-state index in [1.807, 2.05) is 0 Å². The quantitative estimate of drug-likeness (QED) is 0.513. The Hall–Kier alpha value is -1.72. The van der Waals surface area contributed by atoms with Crippen LogP contribution in [0.3, 0.4) is 0 Å². The molecule has 0 aromatic carbocycles. The molecule has 2 N–H and O–H groups in total. The fraction of sp³-hybridized carbons (Fsp3) is 0.429. The Balaban J connectivity index is 3.94. The molecule has 1 unspecified atom stereocenters. The van der Waals surface area contributed by atoms with E-state index in [4.69, 9.17) is 10.2 Å². The summed E-state index contributed by atoms with van der Waals surface area (Å²) in [6.07, 6.45) is -0.908. The highest BCUT2D eigenvalue weighted by Gasteiger charge is 2.11. The second kappa shape index (κ2) is 5.87. The lowest BCUT2D eigenvalue weighted by Crippen LogP contribution is -2.22. The predicted octanol–water partition coefficient (Wildman–Crippen LogP) is 1.32. The number of ether oxygens (including phenoxy) is 2. The van der Waals surface area contributed by atoms with Crippen LogP contribution in [-0.4, -0.2) is 35.2 Å². The summed E-state index contributed by atoms with van der Waals surface area (Å²) < 4.78 is 8.42. The van der Waals surface area contributed by atoms with Crippen molar-refractivity contribution in [1.82, 2.24) is 0 Å². The van der Waals surface area contributed by atoms with Crippen LogP contribution in [0.1, 0.15) is 6.92 Å². The van der Waals surface area contributed by atoms with Crippen molar-refractivity contribution in [3.8, 4) is 0 Å². The highest BCUT2D eigenvalue weighted by atomic mass is 16.7. The number of hydrogen-bond acceptors (Lipinski definition) is 4. The van der Waals surface area contributed by atoms with Crippen molar-refractivity contribution in [3.63, 3.8) is 0 Å². The lowest BCUT2D eigenvalue weighted by atomic mass is 10.3. The smallest absolute Gasteiger partial charge is 0.450 e. The van der Waals surface area contributed by atoms with Crippen LogP contribution in [0.2, 0.25) is 0 Å². The van der Waals surface area contributed by atoms with Crippen LogP contribution in [-0.2, 0) is 9.47 Å². The molecule has 74 valence electrons. The van der Waals surface area contributed by atoms with Crippen LogP contribution in [0.15, 0.2) is 12.2 Å². The lowest BCUT2D eigenvalue weighted by molar-refractivity contribution is 0.0224. The average molecular weight is 190 g/mol.